The first-order chi connectivity index (χ1) is 14.4. The molecule has 0 spiro atoms. The molecular formula is C20H18N4O5S. The molecule has 4 aromatic rings. The van der Waals surface area contributed by atoms with Gasteiger partial charge in [0.15, 0.2) is 16.5 Å². The normalized spacial score (nSPS) is 12.1. The molecular weight excluding hydrogens is 408 g/mol. The van der Waals surface area contributed by atoms with Crippen LogP contribution in [0.2, 0.25) is 0 Å². The maximum absolute atomic E-state index is 12.7. The first kappa shape index (κ1) is 19.6. The standard InChI is InChI=1S/C20H18N4O5S/c1-11(24-15-5-3-4-6-17(15)29-20(24)27)18(26)23-19-22-14(10-30-19)16-8-7-13(28-16)9-21-12(2)25/h3-8,10-11H,9H2,1-2H3,(H,21,25)(H,22,23,26). The number of benzene rings is 1. The number of hydrogen-bond donors (Lipinski definition) is 2. The molecule has 154 valence electrons. The molecule has 30 heavy (non-hydrogen) atoms. The molecule has 0 aliphatic heterocycles. The monoisotopic (exact) mass is 426 g/mol. The van der Waals surface area contributed by atoms with E-state index < -0.39 is 17.7 Å². The van der Waals surface area contributed by atoms with Gasteiger partial charge in [0.05, 0.1) is 12.1 Å². The molecule has 3 aromatic heterocycles. The summed E-state index contributed by atoms with van der Waals surface area (Å²) in [5.41, 5.74) is 1.53. The third kappa shape index (κ3) is 3.90. The number of thiazole rings is 1. The second-order valence-electron chi connectivity index (χ2n) is 6.58. The number of aromatic nitrogens is 2. The minimum atomic E-state index is -0.790. The van der Waals surface area contributed by atoms with E-state index in [4.69, 9.17) is 8.83 Å². The summed E-state index contributed by atoms with van der Waals surface area (Å²) in [6.45, 7) is 3.34. The molecule has 2 N–H and O–H groups in total. The lowest BCUT2D eigenvalue weighted by molar-refractivity contribution is -0.119. The van der Waals surface area contributed by atoms with Crippen LogP contribution >= 0.6 is 11.3 Å². The Hall–Kier alpha value is -3.66. The van der Waals surface area contributed by atoms with Gasteiger partial charge in [-0.2, -0.15) is 0 Å². The van der Waals surface area contributed by atoms with E-state index in [2.05, 4.69) is 15.6 Å². The largest absolute Gasteiger partial charge is 0.458 e. The molecule has 0 saturated carbocycles. The number of amides is 2. The zero-order valence-corrected chi connectivity index (χ0v) is 17.0. The smallest absolute Gasteiger partial charge is 0.420 e. The highest BCUT2D eigenvalue weighted by atomic mass is 32.1. The highest BCUT2D eigenvalue weighted by Gasteiger charge is 2.22. The van der Waals surface area contributed by atoms with Gasteiger partial charge in [0.1, 0.15) is 17.5 Å². The number of rotatable bonds is 6. The lowest BCUT2D eigenvalue weighted by Gasteiger charge is -2.11. The Labute approximate surface area is 174 Å². The fraction of sp³-hybridized carbons (Fsp3) is 0.200. The van der Waals surface area contributed by atoms with Crippen LogP contribution in [0, 0.1) is 0 Å². The Kier molecular flexibility index (Phi) is 5.23. The quantitative estimate of drug-likeness (QED) is 0.489. The van der Waals surface area contributed by atoms with Crippen LogP contribution in [-0.2, 0) is 16.1 Å². The van der Waals surface area contributed by atoms with Crippen LogP contribution in [0.25, 0.3) is 22.6 Å². The van der Waals surface area contributed by atoms with Crippen LogP contribution in [0.4, 0.5) is 5.13 Å². The number of carbonyl (C=O) groups excluding carboxylic acids is 2. The van der Waals surface area contributed by atoms with Gasteiger partial charge in [0, 0.05) is 12.3 Å². The Morgan fingerprint density at radius 2 is 2.00 bits per heavy atom. The molecule has 3 heterocycles. The van der Waals surface area contributed by atoms with Crippen molar-refractivity contribution in [2.45, 2.75) is 26.4 Å². The molecule has 2 amide bonds. The predicted molar refractivity (Wildman–Crippen MR) is 111 cm³/mol. The van der Waals surface area contributed by atoms with Gasteiger partial charge in [0.25, 0.3) is 0 Å². The summed E-state index contributed by atoms with van der Waals surface area (Å²) in [5.74, 6) is -0.0163. The molecule has 0 bridgehead atoms. The summed E-state index contributed by atoms with van der Waals surface area (Å²) in [4.78, 5) is 40.3. The molecule has 1 atom stereocenters. The van der Waals surface area contributed by atoms with E-state index in [1.54, 1.807) is 48.7 Å². The van der Waals surface area contributed by atoms with E-state index in [1.807, 2.05) is 0 Å². The Morgan fingerprint density at radius 3 is 2.80 bits per heavy atom. The fourth-order valence-corrected chi connectivity index (χ4v) is 3.65. The minimum absolute atomic E-state index is 0.148. The Bertz CT molecular complexity index is 1280. The van der Waals surface area contributed by atoms with E-state index >= 15 is 0 Å². The number of carbonyl (C=O) groups is 2. The molecule has 9 nitrogen and oxygen atoms in total. The molecule has 1 unspecified atom stereocenters. The number of anilines is 1. The van der Waals surface area contributed by atoms with Crippen LogP contribution in [0.15, 0.2) is 55.4 Å². The second-order valence-corrected chi connectivity index (χ2v) is 7.44. The third-order valence-electron chi connectivity index (χ3n) is 4.45. The number of para-hydroxylation sites is 2. The highest BCUT2D eigenvalue weighted by Crippen LogP contribution is 2.27. The van der Waals surface area contributed by atoms with Crippen LogP contribution < -0.4 is 16.4 Å². The summed E-state index contributed by atoms with van der Waals surface area (Å²) >= 11 is 1.24. The summed E-state index contributed by atoms with van der Waals surface area (Å²) < 4.78 is 12.2. The minimum Gasteiger partial charge on any atom is -0.458 e. The van der Waals surface area contributed by atoms with Crippen molar-refractivity contribution in [3.05, 3.63) is 58.1 Å². The summed E-state index contributed by atoms with van der Waals surface area (Å²) in [5, 5.41) is 7.51. The van der Waals surface area contributed by atoms with Crippen LogP contribution in [-0.4, -0.2) is 21.4 Å². The van der Waals surface area contributed by atoms with E-state index in [9.17, 15) is 14.4 Å². The zero-order valence-electron chi connectivity index (χ0n) is 16.2. The first-order valence-electron chi connectivity index (χ1n) is 9.12. The van der Waals surface area contributed by atoms with Gasteiger partial charge in [-0.05, 0) is 31.2 Å². The van der Waals surface area contributed by atoms with Crippen molar-refractivity contribution in [3.8, 4) is 11.5 Å². The summed E-state index contributed by atoms with van der Waals surface area (Å²) in [7, 11) is 0. The van der Waals surface area contributed by atoms with E-state index in [1.165, 1.54) is 22.8 Å². The average molecular weight is 426 g/mol. The van der Waals surface area contributed by atoms with Gasteiger partial charge in [-0.3, -0.25) is 14.2 Å². The first-order valence-corrected chi connectivity index (χ1v) is 10.0. The van der Waals surface area contributed by atoms with E-state index in [-0.39, 0.29) is 12.5 Å². The average Bonchev–Trinajstić information content (AvgIpc) is 3.43. The van der Waals surface area contributed by atoms with Crippen LogP contribution in [0.3, 0.4) is 0 Å². The van der Waals surface area contributed by atoms with Crippen molar-refractivity contribution in [2.24, 2.45) is 0 Å². The summed E-state index contributed by atoms with van der Waals surface area (Å²) in [6, 6.07) is 9.64. The highest BCUT2D eigenvalue weighted by molar-refractivity contribution is 7.14. The van der Waals surface area contributed by atoms with Crippen molar-refractivity contribution in [1.29, 1.82) is 0 Å². The Morgan fingerprint density at radius 1 is 1.20 bits per heavy atom. The van der Waals surface area contributed by atoms with E-state index in [0.717, 1.165) is 0 Å². The maximum Gasteiger partial charge on any atom is 0.420 e. The summed E-state index contributed by atoms with van der Waals surface area (Å²) in [6.07, 6.45) is 0. The van der Waals surface area contributed by atoms with E-state index in [0.29, 0.717) is 33.4 Å². The number of nitrogens with one attached hydrogen (secondary N) is 2. The van der Waals surface area contributed by atoms with Gasteiger partial charge in [0.2, 0.25) is 11.8 Å². The maximum atomic E-state index is 12.7. The van der Waals surface area contributed by atoms with Crippen molar-refractivity contribution in [2.75, 3.05) is 5.32 Å². The fourth-order valence-electron chi connectivity index (χ4n) is 2.94. The van der Waals surface area contributed by atoms with Gasteiger partial charge in [-0.15, -0.1) is 11.3 Å². The molecule has 0 fully saturated rings. The zero-order chi connectivity index (χ0) is 21.3. The number of fused-ring (bicyclic) bond motifs is 1. The molecule has 0 radical (unpaired) electrons. The van der Waals surface area contributed by atoms with Crippen molar-refractivity contribution < 1.29 is 18.4 Å². The van der Waals surface area contributed by atoms with Crippen LogP contribution in [0.1, 0.15) is 25.6 Å². The topological polar surface area (TPSA) is 119 Å². The Balaban J connectivity index is 1.48. The lowest BCUT2D eigenvalue weighted by Crippen LogP contribution is -2.29. The van der Waals surface area contributed by atoms with Gasteiger partial charge >= 0.3 is 5.76 Å². The molecule has 0 aliphatic carbocycles. The van der Waals surface area contributed by atoms with Crippen molar-refractivity contribution in [1.82, 2.24) is 14.9 Å². The van der Waals surface area contributed by atoms with Gasteiger partial charge < -0.3 is 19.5 Å². The number of nitrogens with zero attached hydrogens (tertiary/aromatic N) is 2. The van der Waals surface area contributed by atoms with Gasteiger partial charge in [-0.1, -0.05) is 12.1 Å². The molecule has 0 aliphatic rings. The molecule has 4 rings (SSSR count). The SMILES string of the molecule is CC(=O)NCc1ccc(-c2csc(NC(=O)C(C)n3c(=O)oc4ccccc43)n2)o1. The van der Waals surface area contributed by atoms with Crippen LogP contribution in [0.5, 0.6) is 0 Å². The molecule has 1 aromatic carbocycles. The van der Waals surface area contributed by atoms with Crippen molar-refractivity contribution in [3.63, 3.8) is 0 Å². The number of hydrogen-bond acceptors (Lipinski definition) is 7. The lowest BCUT2D eigenvalue weighted by atomic mass is 10.2. The second kappa shape index (κ2) is 7.99. The molecule has 10 heteroatoms. The van der Waals surface area contributed by atoms with Gasteiger partial charge in [-0.25, -0.2) is 9.78 Å². The predicted octanol–water partition coefficient (Wildman–Crippen LogP) is 3.15. The number of furan rings is 1. The van der Waals surface area contributed by atoms with Crippen molar-refractivity contribution >= 4 is 39.4 Å². The number of oxazole rings is 1. The third-order valence-corrected chi connectivity index (χ3v) is 5.20. The molecule has 0 saturated heterocycles.